The van der Waals surface area contributed by atoms with Crippen molar-refractivity contribution in [3.63, 3.8) is 0 Å². The number of benzene rings is 2. The average Bonchev–Trinajstić information content (AvgIpc) is 2.81. The Labute approximate surface area is 202 Å². The number of nitrogens with one attached hydrogen (secondary N) is 2. The SMILES string of the molecule is CC(C)C[C@H](NC(=O)OCc1ccccc1)C(=O)N[C@H](CC(C)C)C(=O)OCc1ccccc1. The number of ether oxygens (including phenoxy) is 2. The topological polar surface area (TPSA) is 93.7 Å². The molecular weight excluding hydrogens is 432 g/mol. The lowest BCUT2D eigenvalue weighted by molar-refractivity contribution is -0.149. The molecule has 0 aliphatic carbocycles. The van der Waals surface area contributed by atoms with Gasteiger partial charge in [-0.15, -0.1) is 0 Å². The molecule has 0 spiro atoms. The molecule has 0 aliphatic heterocycles. The molecule has 0 saturated carbocycles. The summed E-state index contributed by atoms with van der Waals surface area (Å²) in [4.78, 5) is 38.2. The predicted molar refractivity (Wildman–Crippen MR) is 131 cm³/mol. The maximum Gasteiger partial charge on any atom is 0.408 e. The number of rotatable bonds is 12. The molecule has 2 rings (SSSR count). The van der Waals surface area contributed by atoms with E-state index in [0.29, 0.717) is 12.8 Å². The molecule has 0 aromatic heterocycles. The van der Waals surface area contributed by atoms with Crippen LogP contribution in [0.4, 0.5) is 4.79 Å². The Morgan fingerprint density at radius 1 is 0.676 bits per heavy atom. The van der Waals surface area contributed by atoms with Gasteiger partial charge in [-0.25, -0.2) is 9.59 Å². The smallest absolute Gasteiger partial charge is 0.408 e. The fourth-order valence-electron chi connectivity index (χ4n) is 3.40. The zero-order chi connectivity index (χ0) is 24.9. The largest absolute Gasteiger partial charge is 0.459 e. The summed E-state index contributed by atoms with van der Waals surface area (Å²) in [6.45, 7) is 8.07. The lowest BCUT2D eigenvalue weighted by Gasteiger charge is -2.24. The highest BCUT2D eigenvalue weighted by Gasteiger charge is 2.29. The minimum atomic E-state index is -0.833. The van der Waals surface area contributed by atoms with Crippen LogP contribution in [-0.4, -0.2) is 30.1 Å². The van der Waals surface area contributed by atoms with Gasteiger partial charge in [0.15, 0.2) is 0 Å². The number of amides is 2. The standard InChI is InChI=1S/C27H36N2O5/c1-19(2)15-23(29-27(32)34-18-22-13-9-6-10-14-22)25(30)28-24(16-20(3)4)26(31)33-17-21-11-7-5-8-12-21/h5-14,19-20,23-24H,15-18H2,1-4H3,(H,28,30)(H,29,32)/t23-,24+/m0/s1. The van der Waals surface area contributed by atoms with E-state index in [0.717, 1.165) is 11.1 Å². The molecule has 2 aromatic rings. The Bertz CT molecular complexity index is 900. The first-order chi connectivity index (χ1) is 16.2. The van der Waals surface area contributed by atoms with E-state index in [9.17, 15) is 14.4 Å². The number of carbonyl (C=O) groups excluding carboxylic acids is 3. The third-order valence-electron chi connectivity index (χ3n) is 5.06. The number of carbonyl (C=O) groups is 3. The van der Waals surface area contributed by atoms with Gasteiger partial charge in [-0.1, -0.05) is 88.4 Å². The number of hydrogen-bond donors (Lipinski definition) is 2. The molecule has 0 unspecified atom stereocenters. The fourth-order valence-corrected chi connectivity index (χ4v) is 3.40. The maximum absolute atomic E-state index is 13.1. The van der Waals surface area contributed by atoms with E-state index in [4.69, 9.17) is 9.47 Å². The van der Waals surface area contributed by atoms with Crippen LogP contribution in [0.2, 0.25) is 0 Å². The van der Waals surface area contributed by atoms with Gasteiger partial charge >= 0.3 is 12.1 Å². The van der Waals surface area contributed by atoms with Crippen molar-refractivity contribution in [2.24, 2.45) is 11.8 Å². The molecule has 7 heteroatoms. The van der Waals surface area contributed by atoms with Gasteiger partial charge in [0.1, 0.15) is 25.3 Å². The Kier molecular flexibility index (Phi) is 11.1. The summed E-state index contributed by atoms with van der Waals surface area (Å²) in [5, 5.41) is 5.43. The first kappa shape index (κ1) is 26.9. The molecule has 0 radical (unpaired) electrons. The monoisotopic (exact) mass is 468 g/mol. The van der Waals surface area contributed by atoms with E-state index in [1.807, 2.05) is 88.4 Å². The minimum absolute atomic E-state index is 0.102. The molecule has 184 valence electrons. The zero-order valence-corrected chi connectivity index (χ0v) is 20.5. The van der Waals surface area contributed by atoms with E-state index >= 15 is 0 Å². The van der Waals surface area contributed by atoms with Crippen LogP contribution in [0.3, 0.4) is 0 Å². The number of hydrogen-bond acceptors (Lipinski definition) is 5. The molecule has 0 heterocycles. The molecule has 0 aliphatic rings. The quantitative estimate of drug-likeness (QED) is 0.444. The van der Waals surface area contributed by atoms with Crippen LogP contribution < -0.4 is 10.6 Å². The molecule has 2 amide bonds. The Balaban J connectivity index is 1.99. The molecule has 7 nitrogen and oxygen atoms in total. The van der Waals surface area contributed by atoms with Gasteiger partial charge in [-0.3, -0.25) is 4.79 Å². The Hall–Kier alpha value is -3.35. The van der Waals surface area contributed by atoms with E-state index in [1.165, 1.54) is 0 Å². The summed E-state index contributed by atoms with van der Waals surface area (Å²) in [5.74, 6) is -0.644. The lowest BCUT2D eigenvalue weighted by atomic mass is 10.0. The van der Waals surface area contributed by atoms with E-state index < -0.39 is 30.1 Å². The first-order valence-electron chi connectivity index (χ1n) is 11.7. The normalized spacial score (nSPS) is 12.6. The van der Waals surface area contributed by atoms with Crippen molar-refractivity contribution in [3.05, 3.63) is 71.8 Å². The van der Waals surface area contributed by atoms with Crippen molar-refractivity contribution in [1.82, 2.24) is 10.6 Å². The number of esters is 1. The third kappa shape index (κ3) is 10.1. The summed E-state index contributed by atoms with van der Waals surface area (Å²) >= 11 is 0. The molecule has 2 aromatic carbocycles. The van der Waals surface area contributed by atoms with Crippen molar-refractivity contribution < 1.29 is 23.9 Å². The van der Waals surface area contributed by atoms with Crippen molar-refractivity contribution in [2.75, 3.05) is 0 Å². The molecule has 34 heavy (non-hydrogen) atoms. The maximum atomic E-state index is 13.1. The minimum Gasteiger partial charge on any atom is -0.459 e. The second kappa shape index (κ2) is 14.0. The van der Waals surface area contributed by atoms with Crippen LogP contribution in [0.15, 0.2) is 60.7 Å². The zero-order valence-electron chi connectivity index (χ0n) is 20.5. The Morgan fingerprint density at radius 3 is 1.65 bits per heavy atom. The summed E-state index contributed by atoms with van der Waals surface area (Å²) in [7, 11) is 0. The van der Waals surface area contributed by atoms with E-state index in [-0.39, 0.29) is 25.0 Å². The molecule has 2 N–H and O–H groups in total. The van der Waals surface area contributed by atoms with Gasteiger partial charge < -0.3 is 20.1 Å². The van der Waals surface area contributed by atoms with Gasteiger partial charge in [-0.05, 0) is 35.8 Å². The van der Waals surface area contributed by atoms with Crippen LogP contribution in [-0.2, 0) is 32.3 Å². The van der Waals surface area contributed by atoms with Gasteiger partial charge in [0.05, 0.1) is 0 Å². The van der Waals surface area contributed by atoms with E-state index in [1.54, 1.807) is 0 Å². The highest BCUT2D eigenvalue weighted by Crippen LogP contribution is 2.11. The summed E-state index contributed by atoms with van der Waals surface area (Å²) in [5.41, 5.74) is 1.71. The molecular formula is C27H36N2O5. The molecule has 0 fully saturated rings. The summed E-state index contributed by atoms with van der Waals surface area (Å²) < 4.78 is 10.7. The van der Waals surface area contributed by atoms with Crippen LogP contribution in [0.5, 0.6) is 0 Å². The second-order valence-corrected chi connectivity index (χ2v) is 9.17. The molecule has 0 saturated heterocycles. The third-order valence-corrected chi connectivity index (χ3v) is 5.06. The lowest BCUT2D eigenvalue weighted by Crippen LogP contribution is -2.52. The fraction of sp³-hybridized carbons (Fsp3) is 0.444. The van der Waals surface area contributed by atoms with Gasteiger partial charge in [0.25, 0.3) is 0 Å². The predicted octanol–water partition coefficient (Wildman–Crippen LogP) is 4.60. The van der Waals surface area contributed by atoms with Gasteiger partial charge in [0.2, 0.25) is 5.91 Å². The number of alkyl carbamates (subject to hydrolysis) is 1. The highest BCUT2D eigenvalue weighted by molar-refractivity contribution is 5.89. The van der Waals surface area contributed by atoms with Crippen molar-refractivity contribution >= 4 is 18.0 Å². The van der Waals surface area contributed by atoms with Crippen LogP contribution in [0.25, 0.3) is 0 Å². The van der Waals surface area contributed by atoms with Crippen molar-refractivity contribution in [1.29, 1.82) is 0 Å². The molecule has 2 atom stereocenters. The second-order valence-electron chi connectivity index (χ2n) is 9.17. The van der Waals surface area contributed by atoms with Gasteiger partial charge in [-0.2, -0.15) is 0 Å². The van der Waals surface area contributed by atoms with Crippen LogP contribution in [0, 0.1) is 11.8 Å². The average molecular weight is 469 g/mol. The van der Waals surface area contributed by atoms with Crippen molar-refractivity contribution in [2.45, 2.75) is 65.8 Å². The molecule has 0 bridgehead atoms. The van der Waals surface area contributed by atoms with Crippen LogP contribution in [0.1, 0.15) is 51.7 Å². The van der Waals surface area contributed by atoms with E-state index in [2.05, 4.69) is 10.6 Å². The Morgan fingerprint density at radius 2 is 1.15 bits per heavy atom. The van der Waals surface area contributed by atoms with Crippen molar-refractivity contribution in [3.8, 4) is 0 Å². The summed E-state index contributed by atoms with van der Waals surface area (Å²) in [6.07, 6.45) is 0.142. The highest BCUT2D eigenvalue weighted by atomic mass is 16.5. The first-order valence-corrected chi connectivity index (χ1v) is 11.7. The summed E-state index contributed by atoms with van der Waals surface area (Å²) in [6, 6.07) is 17.0. The van der Waals surface area contributed by atoms with Crippen LogP contribution >= 0.6 is 0 Å². The van der Waals surface area contributed by atoms with Gasteiger partial charge in [0, 0.05) is 0 Å².